The van der Waals surface area contributed by atoms with Gasteiger partial charge in [0.05, 0.1) is 24.4 Å². The van der Waals surface area contributed by atoms with Gasteiger partial charge >= 0.3 is 51.5 Å². The number of hydrogen-bond donors (Lipinski definition) is 10. The summed E-state index contributed by atoms with van der Waals surface area (Å²) in [4.78, 5) is 12.3. The zero-order chi connectivity index (χ0) is 88.1. The summed E-state index contributed by atoms with van der Waals surface area (Å²) in [6, 6.07) is 27.5. The number of aliphatic hydroxyl groups excluding tert-OH is 4. The molecule has 10 fully saturated rings. The standard InChI is InChI=1S/C20H25NO4S.C18H25NO5S.2C18H25NO4S.C18H23NO4S/c1-3-20(22)11-9-18-17-6-4-13-12-14(25-26(21,23)24)5-7-15(13)16(17)8-10-19(18,20)2;1-18-7-6-13-12-5-3-11(24-25(19,22)23)8-10(12)2-4-14(13)15(18)9-16(20)17(18)21;3*1-18-9-8-14-13-5-3-12(23-24(19,21)22)10-11(13)2-4-15(14)16(18)6-7-17(18)20/h1,5,7,12,16-18,22H,4,6,8-11H2,2H3,(H2,21,23,24);3,5,8,13-17,20-21H,2,4,6-7,9H2,1H3,(H2,19,22,23);2*3,5,10,14-17,20H,2,4,6-9H2,1H3,(H2,19,21,22);3,5,10,14-16H,2,4,6-9H2,1H3,(H2,19,21,22)/t16-,17-,18+,19+,20+;13-,14-,15+,16-,17+,18+;14-,15-,16+,17+,18+;14-,15-,16+,17-,18+;14-,15-,16+,18+/m11111/s1. The fraction of sp³-hybridized carbons (Fsp3) is 0.641. The van der Waals surface area contributed by atoms with Gasteiger partial charge in [-0.2, -0.15) is 67.8 Å². The van der Waals surface area contributed by atoms with Gasteiger partial charge in [-0.3, -0.25) is 4.79 Å². The molecule has 5 aromatic rings. The molecule has 10 saturated carbocycles. The number of carbonyl (C=O) groups is 1. The molecule has 672 valence electrons. The van der Waals surface area contributed by atoms with Gasteiger partial charge in [0.2, 0.25) is 0 Å². The Bertz CT molecular complexity index is 5450. The number of fused-ring (bicyclic) bond motifs is 25. The van der Waals surface area contributed by atoms with Crippen molar-refractivity contribution < 1.29 is 93.3 Å². The van der Waals surface area contributed by atoms with E-state index in [-0.39, 0.29) is 56.5 Å². The van der Waals surface area contributed by atoms with Gasteiger partial charge in [-0.1, -0.05) is 70.9 Å². The fourth-order valence-corrected chi connectivity index (χ4v) is 30.5. The van der Waals surface area contributed by atoms with E-state index >= 15 is 0 Å². The number of aliphatic hydroxyl groups is 5. The molecular formula is C92H123N5O21S5. The van der Waals surface area contributed by atoms with Crippen LogP contribution in [0.2, 0.25) is 0 Å². The Balaban J connectivity index is 0.000000114. The highest BCUT2D eigenvalue weighted by molar-refractivity contribution is 7.85. The molecule has 0 spiro atoms. The quantitative estimate of drug-likeness (QED) is 0.0581. The summed E-state index contributed by atoms with van der Waals surface area (Å²) in [7, 11) is -20.0. The number of aryl methyl sites for hydroxylation is 5. The summed E-state index contributed by atoms with van der Waals surface area (Å²) in [6.07, 6.45) is 32.2. The third kappa shape index (κ3) is 17.3. The fourth-order valence-electron chi connectivity index (χ4n) is 28.7. The van der Waals surface area contributed by atoms with Crippen LogP contribution in [0.3, 0.4) is 0 Å². The lowest BCUT2D eigenvalue weighted by atomic mass is 9.53. The van der Waals surface area contributed by atoms with Gasteiger partial charge in [0, 0.05) is 17.3 Å². The van der Waals surface area contributed by atoms with Gasteiger partial charge in [0.15, 0.2) is 0 Å². The van der Waals surface area contributed by atoms with E-state index in [1.54, 1.807) is 42.5 Å². The smallest absolute Gasteiger partial charge is 0.380 e. The second-order valence-electron chi connectivity index (χ2n) is 40.2. The zero-order valence-electron chi connectivity index (χ0n) is 70.9. The third-order valence-corrected chi connectivity index (χ3v) is 36.6. The first-order valence-corrected chi connectivity index (χ1v) is 51.8. The summed E-state index contributed by atoms with van der Waals surface area (Å²) in [5.74, 6) is 12.1. The van der Waals surface area contributed by atoms with E-state index in [1.807, 2.05) is 48.5 Å². The van der Waals surface area contributed by atoms with E-state index < -0.39 is 69.3 Å². The topological polar surface area (TPSA) is 465 Å². The maximum Gasteiger partial charge on any atom is 0.380 e. The van der Waals surface area contributed by atoms with Gasteiger partial charge in [-0.05, 0) is 401 Å². The highest BCUT2D eigenvalue weighted by Crippen LogP contribution is 2.68. The molecule has 0 heterocycles. The lowest BCUT2D eigenvalue weighted by Crippen LogP contribution is -2.50. The largest absolute Gasteiger partial charge is 0.393 e. The molecule has 0 aliphatic heterocycles. The van der Waals surface area contributed by atoms with Crippen LogP contribution in [-0.2, 0) is 88.4 Å². The van der Waals surface area contributed by atoms with Crippen LogP contribution in [0.15, 0.2) is 91.0 Å². The maximum absolute atomic E-state index is 12.3. The Morgan fingerprint density at radius 2 is 0.650 bits per heavy atom. The first kappa shape index (κ1) is 90.0. The van der Waals surface area contributed by atoms with Gasteiger partial charge < -0.3 is 46.4 Å². The van der Waals surface area contributed by atoms with Gasteiger partial charge in [-0.25, -0.2) is 0 Å². The Morgan fingerprint density at radius 1 is 0.350 bits per heavy atom. The van der Waals surface area contributed by atoms with E-state index in [4.69, 9.17) is 53.0 Å². The van der Waals surface area contributed by atoms with Crippen LogP contribution >= 0.6 is 0 Å². The zero-order valence-corrected chi connectivity index (χ0v) is 75.0. The minimum absolute atomic E-state index is 0.0787. The second kappa shape index (κ2) is 33.0. The summed E-state index contributed by atoms with van der Waals surface area (Å²) in [6.45, 7) is 11.0. The molecule has 25 atom stereocenters. The monoisotopic (exact) mass is 1790 g/mol. The van der Waals surface area contributed by atoms with Crippen LogP contribution in [0.1, 0.15) is 274 Å². The van der Waals surface area contributed by atoms with Crippen LogP contribution in [-0.4, -0.2) is 103 Å². The molecule has 15 aliphatic carbocycles. The van der Waals surface area contributed by atoms with Crippen molar-refractivity contribution in [2.45, 2.75) is 280 Å². The molecule has 0 aromatic heterocycles. The van der Waals surface area contributed by atoms with E-state index in [1.165, 1.54) is 38.9 Å². The number of nitrogens with two attached hydrogens (primary N) is 5. The van der Waals surface area contributed by atoms with Crippen molar-refractivity contribution >= 4 is 57.3 Å². The van der Waals surface area contributed by atoms with Gasteiger partial charge in [0.25, 0.3) is 0 Å². The summed E-state index contributed by atoms with van der Waals surface area (Å²) < 4.78 is 135. The number of hydrogen-bond acceptors (Lipinski definition) is 21. The average Bonchev–Trinajstić information content (AvgIpc) is 1.60. The van der Waals surface area contributed by atoms with E-state index in [0.29, 0.717) is 119 Å². The second-order valence-corrected chi connectivity index (χ2v) is 46.0. The molecule has 123 heavy (non-hydrogen) atoms. The molecule has 0 saturated heterocycles. The highest BCUT2D eigenvalue weighted by Gasteiger charge is 2.63. The molecule has 26 nitrogen and oxygen atoms in total. The SMILES string of the molecule is C#C[C@]1(O)CC[C@H]2[C@@H]3CCc4cc(OS(N)(=O)=O)ccc4[C@H]3CC[C@@]21C.C[C@]12CC[C@@H]3c4ccc(OS(N)(=O)=O)cc4CC[C@H]3[C@@H]1CCC2=O.C[C@]12CC[C@@H]3c4ccc(OS(N)(=O)=O)cc4CC[C@H]3[C@@H]1CC[C@@H]2O.C[C@]12CC[C@@H]3c4ccc(OS(N)(=O)=O)cc4CC[C@H]3[C@@H]1CC[C@H]2O.C[C@]12CC[C@@H]3c4ccc(OS(N)(=O)=O)cc4CC[C@H]3[C@@H]1C[C@@H](O)[C@@H]2O. The number of rotatable bonds is 10. The lowest BCUT2D eigenvalue weighted by molar-refractivity contribution is -0.129. The molecule has 0 radical (unpaired) electrons. The van der Waals surface area contributed by atoms with Crippen molar-refractivity contribution in [2.24, 2.45) is 112 Å². The Kier molecular flexibility index (Phi) is 24.2. The number of carbonyl (C=O) groups excluding carboxylic acids is 1. The van der Waals surface area contributed by atoms with E-state index in [0.717, 1.165) is 190 Å². The van der Waals surface area contributed by atoms with Crippen molar-refractivity contribution in [3.05, 3.63) is 147 Å². The molecule has 15 N–H and O–H groups in total. The predicted molar refractivity (Wildman–Crippen MR) is 462 cm³/mol. The molecule has 5 aromatic carbocycles. The first-order chi connectivity index (χ1) is 57.7. The molecule has 15 aliphatic rings. The number of benzene rings is 5. The van der Waals surface area contributed by atoms with Crippen molar-refractivity contribution in [2.75, 3.05) is 0 Å². The van der Waals surface area contributed by atoms with E-state index in [9.17, 15) is 72.4 Å². The molecular weight excluding hydrogens is 1670 g/mol. The minimum atomic E-state index is -4.01. The Hall–Kier alpha value is -6.32. The van der Waals surface area contributed by atoms with Crippen molar-refractivity contribution in [3.8, 4) is 41.1 Å². The Labute approximate surface area is 725 Å². The Morgan fingerprint density at radius 3 is 0.984 bits per heavy atom. The van der Waals surface area contributed by atoms with Crippen LogP contribution < -0.4 is 46.6 Å². The number of terminal acetylenes is 1. The maximum atomic E-state index is 12.3. The van der Waals surface area contributed by atoms with Crippen LogP contribution in [0, 0.1) is 98.6 Å². The number of ketones is 1. The van der Waals surface area contributed by atoms with Crippen LogP contribution in [0.4, 0.5) is 0 Å². The minimum Gasteiger partial charge on any atom is -0.393 e. The molecule has 0 bridgehead atoms. The van der Waals surface area contributed by atoms with E-state index in [2.05, 4.69) is 40.5 Å². The first-order valence-electron chi connectivity index (χ1n) is 44.4. The van der Waals surface area contributed by atoms with Crippen molar-refractivity contribution in [3.63, 3.8) is 0 Å². The lowest BCUT2D eigenvalue weighted by Gasteiger charge is -2.52. The molecule has 31 heteroatoms. The number of Topliss-reactive ketones (excluding diaryl/α,β-unsaturated/α-hetero) is 1. The summed E-state index contributed by atoms with van der Waals surface area (Å²) in [5, 5.41) is 77.3. The normalized spacial score (nSPS) is 38.0. The van der Waals surface area contributed by atoms with Gasteiger partial charge in [-0.15, -0.1) is 6.42 Å². The van der Waals surface area contributed by atoms with Crippen molar-refractivity contribution in [1.29, 1.82) is 0 Å². The van der Waals surface area contributed by atoms with Crippen LogP contribution in [0.5, 0.6) is 28.7 Å². The molecule has 20 rings (SSSR count). The predicted octanol–water partition coefficient (Wildman–Crippen LogP) is 11.6. The summed E-state index contributed by atoms with van der Waals surface area (Å²) in [5.41, 5.74) is 10.9. The highest BCUT2D eigenvalue weighted by atomic mass is 32.3. The van der Waals surface area contributed by atoms with Crippen LogP contribution in [0.25, 0.3) is 0 Å². The average molecular weight is 1800 g/mol. The van der Waals surface area contributed by atoms with Gasteiger partial charge in [0.1, 0.15) is 40.1 Å². The third-order valence-electron chi connectivity index (χ3n) is 34.5. The molecule has 0 amide bonds. The molecule has 0 unspecified atom stereocenters. The van der Waals surface area contributed by atoms with Crippen molar-refractivity contribution in [1.82, 2.24) is 0 Å². The summed E-state index contributed by atoms with van der Waals surface area (Å²) >= 11 is 0.